The number of aliphatic hydroxyl groups is 1. The van der Waals surface area contributed by atoms with E-state index >= 15 is 0 Å². The van der Waals surface area contributed by atoms with Crippen LogP contribution in [0.15, 0.2) is 6.20 Å². The van der Waals surface area contributed by atoms with Crippen LogP contribution in [-0.4, -0.2) is 34.8 Å². The van der Waals surface area contributed by atoms with Gasteiger partial charge in [-0.1, -0.05) is 0 Å². The highest BCUT2D eigenvalue weighted by Crippen LogP contribution is 2.11. The Hall–Kier alpha value is -1.36. The summed E-state index contributed by atoms with van der Waals surface area (Å²) >= 11 is 0. The molecule has 5 heteroatoms. The van der Waals surface area contributed by atoms with E-state index in [0.29, 0.717) is 5.95 Å². The highest BCUT2D eigenvalue weighted by molar-refractivity contribution is 5.46. The zero-order chi connectivity index (χ0) is 11.1. The Balaban J connectivity index is 2.63. The highest BCUT2D eigenvalue weighted by Gasteiger charge is 2.01. The van der Waals surface area contributed by atoms with Crippen LogP contribution >= 0.6 is 0 Å². The van der Waals surface area contributed by atoms with Gasteiger partial charge < -0.3 is 15.7 Å². The van der Waals surface area contributed by atoms with Crippen LogP contribution in [-0.2, 0) is 0 Å². The van der Waals surface area contributed by atoms with Crippen molar-refractivity contribution < 1.29 is 5.11 Å². The molecule has 0 spiro atoms. The first kappa shape index (κ1) is 11.7. The molecule has 0 bridgehead atoms. The molecule has 3 N–H and O–H groups in total. The SMILES string of the molecule is CCNc1ncc(C)c(NCCCO)n1. The van der Waals surface area contributed by atoms with Crippen molar-refractivity contribution in [2.75, 3.05) is 30.3 Å². The number of aliphatic hydroxyl groups excluding tert-OH is 1. The van der Waals surface area contributed by atoms with E-state index in [4.69, 9.17) is 5.11 Å². The normalized spacial score (nSPS) is 10.1. The molecule has 0 aliphatic heterocycles. The molecule has 0 radical (unpaired) electrons. The summed E-state index contributed by atoms with van der Waals surface area (Å²) in [6.07, 6.45) is 2.51. The second kappa shape index (κ2) is 6.19. The van der Waals surface area contributed by atoms with Gasteiger partial charge in [0.15, 0.2) is 0 Å². The smallest absolute Gasteiger partial charge is 0.224 e. The third-order valence-electron chi connectivity index (χ3n) is 1.93. The minimum Gasteiger partial charge on any atom is -0.396 e. The Kier molecular flexibility index (Phi) is 4.83. The maximum atomic E-state index is 8.67. The van der Waals surface area contributed by atoms with E-state index in [-0.39, 0.29) is 6.61 Å². The zero-order valence-electron chi connectivity index (χ0n) is 9.25. The lowest BCUT2D eigenvalue weighted by molar-refractivity contribution is 0.292. The first-order valence-electron chi connectivity index (χ1n) is 5.20. The van der Waals surface area contributed by atoms with Crippen molar-refractivity contribution in [1.29, 1.82) is 0 Å². The number of hydrogen-bond donors (Lipinski definition) is 3. The van der Waals surface area contributed by atoms with Gasteiger partial charge in [0.25, 0.3) is 0 Å². The molecule has 0 amide bonds. The fourth-order valence-electron chi connectivity index (χ4n) is 1.15. The molecule has 84 valence electrons. The lowest BCUT2D eigenvalue weighted by atomic mass is 10.3. The lowest BCUT2D eigenvalue weighted by Crippen LogP contribution is -2.09. The number of anilines is 2. The first-order valence-corrected chi connectivity index (χ1v) is 5.20. The quantitative estimate of drug-likeness (QED) is 0.611. The summed E-state index contributed by atoms with van der Waals surface area (Å²) in [5, 5.41) is 14.9. The van der Waals surface area contributed by atoms with Crippen LogP contribution in [0.25, 0.3) is 0 Å². The maximum Gasteiger partial charge on any atom is 0.224 e. The number of aromatic nitrogens is 2. The summed E-state index contributed by atoms with van der Waals surface area (Å²) in [6, 6.07) is 0. The van der Waals surface area contributed by atoms with Gasteiger partial charge in [-0.25, -0.2) is 4.98 Å². The molecule has 0 saturated heterocycles. The average molecular weight is 210 g/mol. The van der Waals surface area contributed by atoms with Crippen molar-refractivity contribution in [3.05, 3.63) is 11.8 Å². The Labute approximate surface area is 90.0 Å². The van der Waals surface area contributed by atoms with E-state index in [0.717, 1.165) is 30.9 Å². The molecule has 1 aromatic rings. The molecule has 1 aromatic heterocycles. The summed E-state index contributed by atoms with van der Waals surface area (Å²) < 4.78 is 0. The van der Waals surface area contributed by atoms with Gasteiger partial charge in [0, 0.05) is 31.5 Å². The van der Waals surface area contributed by atoms with Crippen molar-refractivity contribution >= 4 is 11.8 Å². The molecule has 1 rings (SSSR count). The third kappa shape index (κ3) is 3.71. The number of nitrogens with zero attached hydrogens (tertiary/aromatic N) is 2. The van der Waals surface area contributed by atoms with Gasteiger partial charge >= 0.3 is 0 Å². The minimum atomic E-state index is 0.192. The predicted octanol–water partition coefficient (Wildman–Crippen LogP) is 1.01. The van der Waals surface area contributed by atoms with E-state index in [9.17, 15) is 0 Å². The number of rotatable bonds is 6. The van der Waals surface area contributed by atoms with Crippen LogP contribution in [0.4, 0.5) is 11.8 Å². The summed E-state index contributed by atoms with van der Waals surface area (Å²) in [5.41, 5.74) is 1.01. The monoisotopic (exact) mass is 210 g/mol. The van der Waals surface area contributed by atoms with Crippen LogP contribution in [0, 0.1) is 6.92 Å². The van der Waals surface area contributed by atoms with Crippen molar-refractivity contribution in [3.8, 4) is 0 Å². The Morgan fingerprint density at radius 2 is 2.20 bits per heavy atom. The zero-order valence-corrected chi connectivity index (χ0v) is 9.25. The molecule has 0 atom stereocenters. The second-order valence-electron chi connectivity index (χ2n) is 3.26. The predicted molar refractivity (Wildman–Crippen MR) is 61.1 cm³/mol. The second-order valence-corrected chi connectivity index (χ2v) is 3.26. The standard InChI is InChI=1S/C10H18N4O/c1-3-11-10-13-7-8(2)9(14-10)12-5-4-6-15/h7,15H,3-6H2,1-2H3,(H2,11,12,13,14). The van der Waals surface area contributed by atoms with Crippen molar-refractivity contribution in [2.45, 2.75) is 20.3 Å². The Morgan fingerprint density at radius 3 is 2.87 bits per heavy atom. The van der Waals surface area contributed by atoms with Gasteiger partial charge in [-0.05, 0) is 20.3 Å². The Morgan fingerprint density at radius 1 is 1.40 bits per heavy atom. The molecule has 5 nitrogen and oxygen atoms in total. The highest BCUT2D eigenvalue weighted by atomic mass is 16.3. The number of aryl methyl sites for hydroxylation is 1. The largest absolute Gasteiger partial charge is 0.396 e. The summed E-state index contributed by atoms with van der Waals surface area (Å²) in [7, 11) is 0. The van der Waals surface area contributed by atoms with Gasteiger partial charge in [0.05, 0.1) is 0 Å². The molecule has 15 heavy (non-hydrogen) atoms. The van der Waals surface area contributed by atoms with E-state index in [1.165, 1.54) is 0 Å². The first-order chi connectivity index (χ1) is 7.27. The maximum absolute atomic E-state index is 8.67. The van der Waals surface area contributed by atoms with Gasteiger partial charge in [0.2, 0.25) is 5.95 Å². The van der Waals surface area contributed by atoms with Crippen molar-refractivity contribution in [2.24, 2.45) is 0 Å². The minimum absolute atomic E-state index is 0.192. The van der Waals surface area contributed by atoms with Crippen LogP contribution < -0.4 is 10.6 Å². The molecule has 0 unspecified atom stereocenters. The average Bonchev–Trinajstić information content (AvgIpc) is 2.23. The van der Waals surface area contributed by atoms with Crippen LogP contribution in [0.1, 0.15) is 18.9 Å². The molecular weight excluding hydrogens is 192 g/mol. The summed E-state index contributed by atoms with van der Waals surface area (Å²) in [5.74, 6) is 1.46. The molecule has 1 heterocycles. The van der Waals surface area contributed by atoms with Gasteiger partial charge in [-0.2, -0.15) is 4.98 Å². The van der Waals surface area contributed by atoms with Gasteiger partial charge in [0.1, 0.15) is 5.82 Å². The van der Waals surface area contributed by atoms with Crippen LogP contribution in [0.5, 0.6) is 0 Å². The molecule has 0 aliphatic rings. The van der Waals surface area contributed by atoms with Crippen molar-refractivity contribution in [1.82, 2.24) is 9.97 Å². The molecule has 0 aliphatic carbocycles. The van der Waals surface area contributed by atoms with Gasteiger partial charge in [-0.15, -0.1) is 0 Å². The molecular formula is C10H18N4O. The van der Waals surface area contributed by atoms with Gasteiger partial charge in [-0.3, -0.25) is 0 Å². The fourth-order valence-corrected chi connectivity index (χ4v) is 1.15. The summed E-state index contributed by atoms with van der Waals surface area (Å²) in [4.78, 5) is 8.46. The van der Waals surface area contributed by atoms with Crippen LogP contribution in [0.3, 0.4) is 0 Å². The topological polar surface area (TPSA) is 70.1 Å². The fraction of sp³-hybridized carbons (Fsp3) is 0.600. The van der Waals surface area contributed by atoms with E-state index < -0.39 is 0 Å². The number of nitrogens with one attached hydrogen (secondary N) is 2. The molecule has 0 aromatic carbocycles. The lowest BCUT2D eigenvalue weighted by Gasteiger charge is -2.09. The Bertz CT molecular complexity index is 303. The van der Waals surface area contributed by atoms with E-state index in [1.807, 2.05) is 13.8 Å². The van der Waals surface area contributed by atoms with Crippen LogP contribution in [0.2, 0.25) is 0 Å². The van der Waals surface area contributed by atoms with Crippen molar-refractivity contribution in [3.63, 3.8) is 0 Å². The molecule has 0 fully saturated rings. The molecule has 0 saturated carbocycles. The third-order valence-corrected chi connectivity index (χ3v) is 1.93. The van der Waals surface area contributed by atoms with E-state index in [2.05, 4.69) is 20.6 Å². The summed E-state index contributed by atoms with van der Waals surface area (Å²) in [6.45, 7) is 5.68. The van der Waals surface area contributed by atoms with E-state index in [1.54, 1.807) is 6.20 Å². The number of hydrogen-bond acceptors (Lipinski definition) is 5.